The molecule has 0 radical (unpaired) electrons. The van der Waals surface area contributed by atoms with Gasteiger partial charge in [-0.25, -0.2) is 4.99 Å². The van der Waals surface area contributed by atoms with E-state index >= 15 is 0 Å². The van der Waals surface area contributed by atoms with Crippen molar-refractivity contribution in [1.82, 2.24) is 10.3 Å². The van der Waals surface area contributed by atoms with Crippen LogP contribution in [-0.2, 0) is 4.79 Å². The Kier molecular flexibility index (Phi) is 3.47. The second kappa shape index (κ2) is 5.58. The first-order valence-corrected chi connectivity index (χ1v) is 6.43. The van der Waals surface area contributed by atoms with Crippen LogP contribution in [0.25, 0.3) is 6.08 Å². The highest BCUT2D eigenvalue weighted by Crippen LogP contribution is 2.22. The predicted molar refractivity (Wildman–Crippen MR) is 79.9 cm³/mol. The van der Waals surface area contributed by atoms with E-state index in [2.05, 4.69) is 15.3 Å². The fourth-order valence-corrected chi connectivity index (χ4v) is 2.04. The summed E-state index contributed by atoms with van der Waals surface area (Å²) in [5.74, 6) is 0.969. The van der Waals surface area contributed by atoms with Crippen LogP contribution in [0.4, 0.5) is 0 Å². The zero-order valence-electron chi connectivity index (χ0n) is 11.4. The van der Waals surface area contributed by atoms with Crippen molar-refractivity contribution in [2.24, 2.45) is 4.99 Å². The molecule has 0 aliphatic carbocycles. The standard InChI is InChI=1S/C16H13N3O2/c1-21-14-7-3-2-5-11(14)9-13-16(20)19-15(18-13)12-6-4-8-17-10-12/h2-10H,1H3,(H,18,19,20)/b13-9-. The van der Waals surface area contributed by atoms with Crippen LogP contribution in [0.15, 0.2) is 59.5 Å². The van der Waals surface area contributed by atoms with Gasteiger partial charge in [-0.3, -0.25) is 9.78 Å². The third-order valence-corrected chi connectivity index (χ3v) is 3.06. The molecular weight excluding hydrogens is 266 g/mol. The number of benzene rings is 1. The molecule has 0 atom stereocenters. The fraction of sp³-hybridized carbons (Fsp3) is 0.0625. The highest BCUT2D eigenvalue weighted by atomic mass is 16.5. The molecule has 0 saturated carbocycles. The molecule has 0 unspecified atom stereocenters. The lowest BCUT2D eigenvalue weighted by atomic mass is 10.1. The zero-order valence-corrected chi connectivity index (χ0v) is 11.4. The number of aliphatic imine (C=N–C) groups is 1. The van der Waals surface area contributed by atoms with E-state index < -0.39 is 0 Å². The number of pyridine rings is 1. The number of rotatable bonds is 3. The van der Waals surface area contributed by atoms with Crippen molar-refractivity contribution < 1.29 is 9.53 Å². The number of carbonyl (C=O) groups excluding carboxylic acids is 1. The van der Waals surface area contributed by atoms with Gasteiger partial charge in [0.25, 0.3) is 5.91 Å². The Labute approximate surface area is 122 Å². The van der Waals surface area contributed by atoms with Crippen LogP contribution < -0.4 is 10.1 Å². The van der Waals surface area contributed by atoms with Crippen LogP contribution in [0.2, 0.25) is 0 Å². The quantitative estimate of drug-likeness (QED) is 0.874. The minimum absolute atomic E-state index is 0.236. The Morgan fingerprint density at radius 2 is 2.05 bits per heavy atom. The number of nitrogens with one attached hydrogen (secondary N) is 1. The molecule has 1 amide bonds. The van der Waals surface area contributed by atoms with Crippen LogP contribution in [-0.4, -0.2) is 23.8 Å². The van der Waals surface area contributed by atoms with Crippen LogP contribution >= 0.6 is 0 Å². The van der Waals surface area contributed by atoms with Crippen molar-refractivity contribution >= 4 is 17.8 Å². The summed E-state index contributed by atoms with van der Waals surface area (Å²) in [6.45, 7) is 0. The van der Waals surface area contributed by atoms with Gasteiger partial charge < -0.3 is 10.1 Å². The number of amides is 1. The van der Waals surface area contributed by atoms with E-state index in [0.29, 0.717) is 17.3 Å². The maximum atomic E-state index is 12.0. The summed E-state index contributed by atoms with van der Waals surface area (Å²) >= 11 is 0. The van der Waals surface area contributed by atoms with Gasteiger partial charge in [-0.05, 0) is 24.3 Å². The number of nitrogens with zero attached hydrogens (tertiary/aromatic N) is 2. The summed E-state index contributed by atoms with van der Waals surface area (Å²) < 4.78 is 5.27. The van der Waals surface area contributed by atoms with Gasteiger partial charge in [0.2, 0.25) is 0 Å². The molecule has 5 heteroatoms. The van der Waals surface area contributed by atoms with Crippen molar-refractivity contribution in [2.45, 2.75) is 0 Å². The van der Waals surface area contributed by atoms with Crippen LogP contribution in [0, 0.1) is 0 Å². The van der Waals surface area contributed by atoms with E-state index in [0.717, 1.165) is 11.1 Å². The van der Waals surface area contributed by atoms with E-state index in [1.807, 2.05) is 30.3 Å². The van der Waals surface area contributed by atoms with Gasteiger partial charge in [0.1, 0.15) is 17.3 Å². The van der Waals surface area contributed by atoms with Gasteiger partial charge >= 0.3 is 0 Å². The van der Waals surface area contributed by atoms with Crippen LogP contribution in [0.3, 0.4) is 0 Å². The van der Waals surface area contributed by atoms with Crippen LogP contribution in [0.1, 0.15) is 11.1 Å². The summed E-state index contributed by atoms with van der Waals surface area (Å²) in [5.41, 5.74) is 1.92. The van der Waals surface area contributed by atoms with Gasteiger partial charge in [-0.1, -0.05) is 18.2 Å². The first-order chi connectivity index (χ1) is 10.3. The lowest BCUT2D eigenvalue weighted by molar-refractivity contribution is -0.115. The molecule has 0 bridgehead atoms. The average Bonchev–Trinajstić information content (AvgIpc) is 2.90. The highest BCUT2D eigenvalue weighted by molar-refractivity contribution is 6.19. The number of hydrogen-bond acceptors (Lipinski definition) is 4. The van der Waals surface area contributed by atoms with E-state index in [1.165, 1.54) is 0 Å². The zero-order chi connectivity index (χ0) is 14.7. The molecule has 1 aliphatic rings. The number of hydrogen-bond donors (Lipinski definition) is 1. The molecular formula is C16H13N3O2. The molecule has 2 aromatic rings. The monoisotopic (exact) mass is 279 g/mol. The number of methoxy groups -OCH3 is 1. The van der Waals surface area contributed by atoms with Gasteiger partial charge in [0.15, 0.2) is 0 Å². The Bertz CT molecular complexity index is 736. The number of amidine groups is 1. The van der Waals surface area contributed by atoms with Gasteiger partial charge in [0.05, 0.1) is 7.11 Å². The molecule has 5 nitrogen and oxygen atoms in total. The molecule has 3 rings (SSSR count). The predicted octanol–water partition coefficient (Wildman–Crippen LogP) is 2.01. The molecule has 2 heterocycles. The summed E-state index contributed by atoms with van der Waals surface area (Å²) in [6, 6.07) is 11.1. The van der Waals surface area contributed by atoms with E-state index in [4.69, 9.17) is 4.74 Å². The normalized spacial score (nSPS) is 15.8. The molecule has 0 spiro atoms. The lowest BCUT2D eigenvalue weighted by Gasteiger charge is -2.03. The fourth-order valence-electron chi connectivity index (χ4n) is 2.04. The van der Waals surface area contributed by atoms with E-state index in [1.54, 1.807) is 31.6 Å². The maximum absolute atomic E-state index is 12.0. The Morgan fingerprint density at radius 3 is 2.81 bits per heavy atom. The first-order valence-electron chi connectivity index (χ1n) is 6.43. The lowest BCUT2D eigenvalue weighted by Crippen LogP contribution is -2.24. The van der Waals surface area contributed by atoms with E-state index in [-0.39, 0.29) is 5.91 Å². The van der Waals surface area contributed by atoms with Crippen molar-refractivity contribution in [1.29, 1.82) is 0 Å². The third kappa shape index (κ3) is 2.67. The van der Waals surface area contributed by atoms with Crippen molar-refractivity contribution in [3.8, 4) is 5.75 Å². The summed E-state index contributed by atoms with van der Waals surface area (Å²) in [7, 11) is 1.59. The number of para-hydroxylation sites is 1. The second-order valence-electron chi connectivity index (χ2n) is 4.43. The average molecular weight is 279 g/mol. The number of aromatic nitrogens is 1. The summed E-state index contributed by atoms with van der Waals surface area (Å²) in [4.78, 5) is 20.4. The Hall–Kier alpha value is -2.95. The van der Waals surface area contributed by atoms with Crippen molar-refractivity contribution in [3.63, 3.8) is 0 Å². The smallest absolute Gasteiger partial charge is 0.275 e. The second-order valence-corrected chi connectivity index (χ2v) is 4.43. The summed E-state index contributed by atoms with van der Waals surface area (Å²) in [5, 5.41) is 2.74. The number of ether oxygens (including phenoxy) is 1. The Morgan fingerprint density at radius 1 is 1.19 bits per heavy atom. The molecule has 1 aliphatic heterocycles. The van der Waals surface area contributed by atoms with Gasteiger partial charge in [0, 0.05) is 23.5 Å². The van der Waals surface area contributed by atoms with Gasteiger partial charge in [-0.15, -0.1) is 0 Å². The SMILES string of the molecule is COc1ccccc1/C=C1\N=C(c2cccnc2)NC1=O. The molecule has 1 N–H and O–H groups in total. The van der Waals surface area contributed by atoms with Gasteiger partial charge in [-0.2, -0.15) is 0 Å². The minimum atomic E-state index is -0.236. The highest BCUT2D eigenvalue weighted by Gasteiger charge is 2.21. The summed E-state index contributed by atoms with van der Waals surface area (Å²) in [6.07, 6.45) is 5.04. The Balaban J connectivity index is 1.97. The minimum Gasteiger partial charge on any atom is -0.496 e. The van der Waals surface area contributed by atoms with E-state index in [9.17, 15) is 4.79 Å². The van der Waals surface area contributed by atoms with Crippen LogP contribution in [0.5, 0.6) is 5.75 Å². The first kappa shape index (κ1) is 13.1. The molecule has 1 aromatic heterocycles. The topological polar surface area (TPSA) is 63.6 Å². The molecule has 0 saturated heterocycles. The molecule has 104 valence electrons. The maximum Gasteiger partial charge on any atom is 0.275 e. The van der Waals surface area contributed by atoms with Crippen molar-refractivity contribution in [3.05, 3.63) is 65.6 Å². The molecule has 1 aromatic carbocycles. The molecule has 21 heavy (non-hydrogen) atoms. The third-order valence-electron chi connectivity index (χ3n) is 3.06. The number of carbonyl (C=O) groups is 1. The molecule has 0 fully saturated rings. The van der Waals surface area contributed by atoms with Crippen molar-refractivity contribution in [2.75, 3.05) is 7.11 Å². The largest absolute Gasteiger partial charge is 0.496 e.